The lowest BCUT2D eigenvalue weighted by Crippen LogP contribution is -2.23. The second-order valence-electron chi connectivity index (χ2n) is 7.06. The largest absolute Gasteiger partial charge is 0.348 e. The molecule has 0 aliphatic rings. The van der Waals surface area contributed by atoms with Crippen LogP contribution >= 0.6 is 0 Å². The number of amides is 1. The molecule has 1 amide bonds. The van der Waals surface area contributed by atoms with Crippen LogP contribution in [-0.2, 0) is 13.1 Å². The summed E-state index contributed by atoms with van der Waals surface area (Å²) in [6.45, 7) is 3.19. The van der Waals surface area contributed by atoms with E-state index in [0.717, 1.165) is 28.8 Å². The molecule has 0 unspecified atom stereocenters. The van der Waals surface area contributed by atoms with E-state index in [-0.39, 0.29) is 5.91 Å². The van der Waals surface area contributed by atoms with Crippen molar-refractivity contribution < 1.29 is 4.79 Å². The van der Waals surface area contributed by atoms with Gasteiger partial charge in [0.25, 0.3) is 5.91 Å². The van der Waals surface area contributed by atoms with E-state index in [2.05, 4.69) is 46.8 Å². The SMILES string of the molecule is Cc1ccccc1C(=O)NCc1ccccc1-c1ccc(Cn2cccn2)cc1. The van der Waals surface area contributed by atoms with Gasteiger partial charge in [0.05, 0.1) is 6.54 Å². The molecule has 144 valence electrons. The highest BCUT2D eigenvalue weighted by molar-refractivity contribution is 5.95. The van der Waals surface area contributed by atoms with Crippen LogP contribution in [0.2, 0.25) is 0 Å². The lowest BCUT2D eigenvalue weighted by atomic mass is 9.98. The van der Waals surface area contributed by atoms with Gasteiger partial charge in [0.1, 0.15) is 0 Å². The molecule has 0 aliphatic carbocycles. The van der Waals surface area contributed by atoms with Crippen LogP contribution < -0.4 is 5.32 Å². The summed E-state index contributed by atoms with van der Waals surface area (Å²) in [5, 5.41) is 7.31. The minimum absolute atomic E-state index is 0.0486. The predicted octanol–water partition coefficient (Wildman–Crippen LogP) is 4.84. The molecule has 0 fully saturated rings. The fourth-order valence-corrected chi connectivity index (χ4v) is 3.43. The number of nitrogens with zero attached hydrogens (tertiary/aromatic N) is 2. The molecule has 4 heteroatoms. The number of benzene rings is 3. The van der Waals surface area contributed by atoms with Crippen LogP contribution in [-0.4, -0.2) is 15.7 Å². The van der Waals surface area contributed by atoms with Crippen LogP contribution in [0.25, 0.3) is 11.1 Å². The average molecular weight is 381 g/mol. The fraction of sp³-hybridized carbons (Fsp3) is 0.120. The summed E-state index contributed by atoms with van der Waals surface area (Å²) in [7, 11) is 0. The summed E-state index contributed by atoms with van der Waals surface area (Å²) >= 11 is 0. The van der Waals surface area contributed by atoms with Crippen molar-refractivity contribution >= 4 is 5.91 Å². The first-order valence-corrected chi connectivity index (χ1v) is 9.69. The van der Waals surface area contributed by atoms with Gasteiger partial charge >= 0.3 is 0 Å². The van der Waals surface area contributed by atoms with Gasteiger partial charge in [-0.1, -0.05) is 66.7 Å². The molecule has 0 saturated carbocycles. The third-order valence-electron chi connectivity index (χ3n) is 5.02. The van der Waals surface area contributed by atoms with Gasteiger partial charge < -0.3 is 5.32 Å². The average Bonchev–Trinajstić information content (AvgIpc) is 3.26. The zero-order valence-electron chi connectivity index (χ0n) is 16.4. The van der Waals surface area contributed by atoms with E-state index in [9.17, 15) is 4.79 Å². The highest BCUT2D eigenvalue weighted by Gasteiger charge is 2.10. The number of rotatable bonds is 6. The molecule has 1 N–H and O–H groups in total. The molecule has 4 nitrogen and oxygen atoms in total. The number of hydrogen-bond acceptors (Lipinski definition) is 2. The molecule has 1 aromatic heterocycles. The maximum absolute atomic E-state index is 12.6. The Hall–Kier alpha value is -3.66. The Morgan fingerprint density at radius 2 is 1.69 bits per heavy atom. The van der Waals surface area contributed by atoms with Gasteiger partial charge in [0.2, 0.25) is 0 Å². The van der Waals surface area contributed by atoms with Crippen molar-refractivity contribution in [2.45, 2.75) is 20.0 Å². The maximum atomic E-state index is 12.6. The molecule has 3 aromatic carbocycles. The smallest absolute Gasteiger partial charge is 0.251 e. The van der Waals surface area contributed by atoms with Crippen LogP contribution in [0.15, 0.2) is 91.3 Å². The van der Waals surface area contributed by atoms with Crippen LogP contribution in [0.5, 0.6) is 0 Å². The van der Waals surface area contributed by atoms with E-state index >= 15 is 0 Å². The first-order valence-electron chi connectivity index (χ1n) is 9.69. The minimum atomic E-state index is -0.0486. The van der Waals surface area contributed by atoms with Gasteiger partial charge in [-0.15, -0.1) is 0 Å². The van der Waals surface area contributed by atoms with Gasteiger partial charge in [0.15, 0.2) is 0 Å². The van der Waals surface area contributed by atoms with Crippen molar-refractivity contribution in [1.82, 2.24) is 15.1 Å². The summed E-state index contributed by atoms with van der Waals surface area (Å²) in [6, 6.07) is 26.3. The van der Waals surface area contributed by atoms with E-state index in [0.29, 0.717) is 12.1 Å². The molecule has 0 saturated heterocycles. The third-order valence-corrected chi connectivity index (χ3v) is 5.02. The number of carbonyl (C=O) groups excluding carboxylic acids is 1. The van der Waals surface area contributed by atoms with Crippen LogP contribution in [0, 0.1) is 6.92 Å². The van der Waals surface area contributed by atoms with Crippen molar-refractivity contribution in [2.24, 2.45) is 0 Å². The second kappa shape index (κ2) is 8.57. The van der Waals surface area contributed by atoms with E-state index in [1.807, 2.05) is 60.3 Å². The topological polar surface area (TPSA) is 46.9 Å². The van der Waals surface area contributed by atoms with E-state index in [1.165, 1.54) is 5.56 Å². The number of nitrogens with one attached hydrogen (secondary N) is 1. The van der Waals surface area contributed by atoms with E-state index in [1.54, 1.807) is 6.20 Å². The second-order valence-corrected chi connectivity index (χ2v) is 7.06. The number of aryl methyl sites for hydroxylation is 1. The molecule has 0 atom stereocenters. The van der Waals surface area contributed by atoms with Crippen molar-refractivity contribution in [1.29, 1.82) is 0 Å². The summed E-state index contributed by atoms with van der Waals surface area (Å²) in [6.07, 6.45) is 3.75. The standard InChI is InChI=1S/C25H23N3O/c1-19-7-2-4-9-23(19)25(29)26-17-22-8-3-5-10-24(22)21-13-11-20(12-14-21)18-28-16-6-15-27-28/h2-16H,17-18H2,1H3,(H,26,29). The lowest BCUT2D eigenvalue weighted by molar-refractivity contribution is 0.0950. The lowest BCUT2D eigenvalue weighted by Gasteiger charge is -2.12. The maximum Gasteiger partial charge on any atom is 0.251 e. The van der Waals surface area contributed by atoms with Crippen LogP contribution in [0.4, 0.5) is 0 Å². The Kier molecular flexibility index (Phi) is 5.52. The molecule has 0 bridgehead atoms. The molecular weight excluding hydrogens is 358 g/mol. The number of carbonyl (C=O) groups is 1. The normalized spacial score (nSPS) is 10.7. The molecule has 29 heavy (non-hydrogen) atoms. The Labute approximate surface area is 170 Å². The van der Waals surface area contributed by atoms with Crippen molar-refractivity contribution in [2.75, 3.05) is 0 Å². The van der Waals surface area contributed by atoms with Gasteiger partial charge in [-0.25, -0.2) is 0 Å². The minimum Gasteiger partial charge on any atom is -0.348 e. The summed E-state index contributed by atoms with van der Waals surface area (Å²) < 4.78 is 1.91. The highest BCUT2D eigenvalue weighted by Crippen LogP contribution is 2.24. The van der Waals surface area contributed by atoms with Gasteiger partial charge in [-0.2, -0.15) is 5.10 Å². The van der Waals surface area contributed by atoms with E-state index in [4.69, 9.17) is 0 Å². The Morgan fingerprint density at radius 1 is 0.931 bits per heavy atom. The first-order chi connectivity index (χ1) is 14.2. The third kappa shape index (κ3) is 4.43. The molecular formula is C25H23N3O. The number of aromatic nitrogens is 2. The fourth-order valence-electron chi connectivity index (χ4n) is 3.43. The Balaban J connectivity index is 1.49. The monoisotopic (exact) mass is 381 g/mol. The summed E-state index contributed by atoms with van der Waals surface area (Å²) in [5.41, 5.74) is 6.24. The van der Waals surface area contributed by atoms with Crippen molar-refractivity contribution in [3.05, 3.63) is 114 Å². The Morgan fingerprint density at radius 3 is 2.45 bits per heavy atom. The zero-order valence-corrected chi connectivity index (χ0v) is 16.4. The highest BCUT2D eigenvalue weighted by atomic mass is 16.1. The van der Waals surface area contributed by atoms with Gasteiger partial charge in [-0.3, -0.25) is 9.48 Å². The van der Waals surface area contributed by atoms with Crippen LogP contribution in [0.3, 0.4) is 0 Å². The van der Waals surface area contributed by atoms with Gasteiger partial charge in [0, 0.05) is 24.5 Å². The predicted molar refractivity (Wildman–Crippen MR) is 116 cm³/mol. The molecule has 4 aromatic rings. The molecule has 0 spiro atoms. The summed E-state index contributed by atoms with van der Waals surface area (Å²) in [4.78, 5) is 12.6. The van der Waals surface area contributed by atoms with Crippen molar-refractivity contribution in [3.8, 4) is 11.1 Å². The quantitative estimate of drug-likeness (QED) is 0.520. The molecule has 1 heterocycles. The first kappa shape index (κ1) is 18.7. The molecule has 4 rings (SSSR count). The number of hydrogen-bond donors (Lipinski definition) is 1. The molecule has 0 aliphatic heterocycles. The van der Waals surface area contributed by atoms with Gasteiger partial charge in [-0.05, 0) is 46.9 Å². The zero-order chi connectivity index (χ0) is 20.1. The van der Waals surface area contributed by atoms with Crippen molar-refractivity contribution in [3.63, 3.8) is 0 Å². The molecule has 0 radical (unpaired) electrons. The Bertz CT molecular complexity index is 1100. The van der Waals surface area contributed by atoms with E-state index < -0.39 is 0 Å². The summed E-state index contributed by atoms with van der Waals surface area (Å²) in [5.74, 6) is -0.0486. The van der Waals surface area contributed by atoms with Crippen LogP contribution in [0.1, 0.15) is 27.0 Å².